The van der Waals surface area contributed by atoms with E-state index < -0.39 is 6.10 Å². The Morgan fingerprint density at radius 1 is 0.260 bits per heavy atom. The largest absolute Gasteiger partial charge is 0.462 e. The summed E-state index contributed by atoms with van der Waals surface area (Å²) in [5, 5.41) is 0. The fourth-order valence-corrected chi connectivity index (χ4v) is 10.4. The molecule has 0 N–H and O–H groups in total. The molecule has 1 unspecified atom stereocenters. The van der Waals surface area contributed by atoms with Crippen LogP contribution in [0.25, 0.3) is 0 Å². The molecule has 0 bridgehead atoms. The average molecular weight is 1080 g/mol. The Kier molecular flexibility index (Phi) is 64.1. The van der Waals surface area contributed by atoms with Gasteiger partial charge in [0.25, 0.3) is 0 Å². The topological polar surface area (TPSA) is 78.9 Å². The number of hydrogen-bond acceptors (Lipinski definition) is 6. The van der Waals surface area contributed by atoms with Crippen LogP contribution in [0.2, 0.25) is 0 Å². The van der Waals surface area contributed by atoms with Gasteiger partial charge in [-0.15, -0.1) is 0 Å². The molecule has 0 aliphatic heterocycles. The predicted octanol–water partition coefficient (Wildman–Crippen LogP) is 23.6. The van der Waals surface area contributed by atoms with E-state index >= 15 is 0 Å². The molecule has 0 spiro atoms. The second-order valence-corrected chi connectivity index (χ2v) is 23.4. The molecule has 6 heteroatoms. The summed E-state index contributed by atoms with van der Waals surface area (Å²) >= 11 is 0. The maximum Gasteiger partial charge on any atom is 0.306 e. The van der Waals surface area contributed by atoms with Crippen molar-refractivity contribution in [2.75, 3.05) is 13.2 Å². The van der Waals surface area contributed by atoms with E-state index in [1.54, 1.807) is 0 Å². The van der Waals surface area contributed by atoms with Crippen molar-refractivity contribution in [3.8, 4) is 0 Å². The molecule has 0 aliphatic rings. The maximum absolute atomic E-state index is 12.9. The van der Waals surface area contributed by atoms with Crippen molar-refractivity contribution in [3.63, 3.8) is 0 Å². The third-order valence-corrected chi connectivity index (χ3v) is 15.6. The first-order chi connectivity index (χ1) is 38.0. The summed E-state index contributed by atoms with van der Waals surface area (Å²) in [6, 6.07) is 0. The van der Waals surface area contributed by atoms with Crippen LogP contribution in [-0.4, -0.2) is 37.2 Å². The van der Waals surface area contributed by atoms with Gasteiger partial charge in [-0.25, -0.2) is 0 Å². The molecule has 0 fully saturated rings. The van der Waals surface area contributed by atoms with E-state index in [9.17, 15) is 14.4 Å². The molecule has 0 saturated heterocycles. The summed E-state index contributed by atoms with van der Waals surface area (Å²) in [7, 11) is 0. The van der Waals surface area contributed by atoms with Gasteiger partial charge < -0.3 is 14.2 Å². The number of carbonyl (C=O) groups excluding carboxylic acids is 3. The van der Waals surface area contributed by atoms with Crippen molar-refractivity contribution in [2.24, 2.45) is 0 Å². The zero-order valence-corrected chi connectivity index (χ0v) is 52.0. The molecule has 1 atom stereocenters. The molecular weight excluding hydrogens is 949 g/mol. The zero-order valence-electron chi connectivity index (χ0n) is 52.0. The lowest BCUT2D eigenvalue weighted by Crippen LogP contribution is -2.30. The normalized spacial score (nSPS) is 12.2. The Morgan fingerprint density at radius 3 is 0.792 bits per heavy atom. The van der Waals surface area contributed by atoms with Crippen LogP contribution in [-0.2, 0) is 28.6 Å². The van der Waals surface area contributed by atoms with Crippen molar-refractivity contribution in [2.45, 2.75) is 386 Å². The first-order valence-electron chi connectivity index (χ1n) is 34.5. The molecular formula is C71H132O6. The van der Waals surface area contributed by atoms with E-state index in [1.807, 2.05) is 0 Å². The van der Waals surface area contributed by atoms with Gasteiger partial charge in [0, 0.05) is 19.3 Å². The standard InChI is InChI=1S/C71H132O6/c1-4-7-10-13-16-19-22-25-26-27-28-29-30-31-32-33-34-35-36-37-38-39-40-41-42-43-44-47-49-52-55-58-61-64-70(73)76-67-68(77-71(74)65-62-59-56-53-50-46-24-21-18-15-12-9-6-3)66-75-69(72)63-60-57-54-51-48-45-23-20-17-14-11-8-5-2/h12,15,20-21,23-24,68H,4-11,13-14,16-19,22,25-67H2,1-3H3/b15-12-,23-20-,24-21-. The number of esters is 3. The highest BCUT2D eigenvalue weighted by Crippen LogP contribution is 2.19. The van der Waals surface area contributed by atoms with Crippen LogP contribution in [0.15, 0.2) is 36.5 Å². The van der Waals surface area contributed by atoms with Gasteiger partial charge in [0.15, 0.2) is 6.10 Å². The second-order valence-electron chi connectivity index (χ2n) is 23.4. The molecule has 0 amide bonds. The molecule has 6 nitrogen and oxygen atoms in total. The third kappa shape index (κ3) is 64.3. The highest BCUT2D eigenvalue weighted by molar-refractivity contribution is 5.71. The van der Waals surface area contributed by atoms with E-state index in [1.165, 1.54) is 244 Å². The number of unbranched alkanes of at least 4 members (excludes halogenated alkanes) is 47. The van der Waals surface area contributed by atoms with E-state index in [2.05, 4.69) is 57.2 Å². The minimum atomic E-state index is -0.781. The zero-order chi connectivity index (χ0) is 55.7. The number of allylic oxidation sites excluding steroid dienone is 6. The Hall–Kier alpha value is -2.37. The minimum absolute atomic E-state index is 0.0768. The van der Waals surface area contributed by atoms with Crippen molar-refractivity contribution in [3.05, 3.63) is 36.5 Å². The van der Waals surface area contributed by atoms with Gasteiger partial charge in [-0.1, -0.05) is 327 Å². The maximum atomic E-state index is 12.9. The molecule has 0 aromatic heterocycles. The van der Waals surface area contributed by atoms with E-state index in [-0.39, 0.29) is 31.1 Å². The van der Waals surface area contributed by atoms with Crippen molar-refractivity contribution < 1.29 is 28.6 Å². The fraction of sp³-hybridized carbons (Fsp3) is 0.873. The number of rotatable bonds is 64. The van der Waals surface area contributed by atoms with Gasteiger partial charge in [0.2, 0.25) is 0 Å². The highest BCUT2D eigenvalue weighted by atomic mass is 16.6. The molecule has 0 aromatic rings. The predicted molar refractivity (Wildman–Crippen MR) is 335 cm³/mol. The first-order valence-corrected chi connectivity index (χ1v) is 34.5. The number of hydrogen-bond donors (Lipinski definition) is 0. The monoisotopic (exact) mass is 1080 g/mol. The van der Waals surface area contributed by atoms with Gasteiger partial charge in [0.05, 0.1) is 0 Å². The molecule has 452 valence electrons. The van der Waals surface area contributed by atoms with Crippen LogP contribution in [0.5, 0.6) is 0 Å². The molecule has 0 heterocycles. The fourth-order valence-electron chi connectivity index (χ4n) is 10.4. The smallest absolute Gasteiger partial charge is 0.306 e. The third-order valence-electron chi connectivity index (χ3n) is 15.6. The molecule has 77 heavy (non-hydrogen) atoms. The summed E-state index contributed by atoms with van der Waals surface area (Å²) in [6.45, 7) is 6.60. The number of ether oxygens (including phenoxy) is 3. The van der Waals surface area contributed by atoms with Crippen LogP contribution in [0.3, 0.4) is 0 Å². The quantitative estimate of drug-likeness (QED) is 0.0261. The van der Waals surface area contributed by atoms with Gasteiger partial charge in [-0.2, -0.15) is 0 Å². The average Bonchev–Trinajstić information content (AvgIpc) is 3.43. The Labute approximate surface area is 480 Å². The van der Waals surface area contributed by atoms with E-state index in [0.29, 0.717) is 19.3 Å². The first kappa shape index (κ1) is 74.6. The van der Waals surface area contributed by atoms with Crippen LogP contribution in [0.4, 0.5) is 0 Å². The van der Waals surface area contributed by atoms with Crippen LogP contribution >= 0.6 is 0 Å². The van der Waals surface area contributed by atoms with E-state index in [4.69, 9.17) is 14.2 Å². The Balaban J connectivity index is 4.04. The molecule has 0 radical (unpaired) electrons. The van der Waals surface area contributed by atoms with Gasteiger partial charge in [-0.05, 0) is 70.6 Å². The van der Waals surface area contributed by atoms with Crippen molar-refractivity contribution >= 4 is 17.9 Å². The number of carbonyl (C=O) groups is 3. The summed E-state index contributed by atoms with van der Waals surface area (Å²) in [5.41, 5.74) is 0. The summed E-state index contributed by atoms with van der Waals surface area (Å²) in [4.78, 5) is 38.2. The molecule has 0 saturated carbocycles. The Morgan fingerprint density at radius 2 is 0.494 bits per heavy atom. The van der Waals surface area contributed by atoms with Crippen molar-refractivity contribution in [1.82, 2.24) is 0 Å². The molecule has 0 aliphatic carbocycles. The SMILES string of the molecule is CCC/C=C\C/C=C\CCCCCCCC(=O)OC(COC(=O)CCCCCCC/C=C\CCCCCC)COC(=O)CCCCCCCCCCCCCCCCCCCCCCCCCCCCCCCCCCC. The minimum Gasteiger partial charge on any atom is -0.462 e. The summed E-state index contributed by atoms with van der Waals surface area (Å²) in [5.74, 6) is -0.880. The lowest BCUT2D eigenvalue weighted by atomic mass is 10.0. The van der Waals surface area contributed by atoms with Crippen LogP contribution in [0.1, 0.15) is 380 Å². The lowest BCUT2D eigenvalue weighted by Gasteiger charge is -2.18. The molecule has 0 aromatic carbocycles. The van der Waals surface area contributed by atoms with Crippen LogP contribution < -0.4 is 0 Å². The summed E-state index contributed by atoms with van der Waals surface area (Å²) < 4.78 is 16.9. The lowest BCUT2D eigenvalue weighted by molar-refractivity contribution is -0.167. The summed E-state index contributed by atoms with van der Waals surface area (Å²) in [6.07, 6.45) is 82.0. The van der Waals surface area contributed by atoms with Crippen LogP contribution in [0, 0.1) is 0 Å². The van der Waals surface area contributed by atoms with E-state index in [0.717, 1.165) is 96.3 Å². The van der Waals surface area contributed by atoms with Gasteiger partial charge >= 0.3 is 17.9 Å². The highest BCUT2D eigenvalue weighted by Gasteiger charge is 2.19. The van der Waals surface area contributed by atoms with Gasteiger partial charge in [0.1, 0.15) is 13.2 Å². The second kappa shape index (κ2) is 66.1. The van der Waals surface area contributed by atoms with Gasteiger partial charge in [-0.3, -0.25) is 14.4 Å². The van der Waals surface area contributed by atoms with Crippen molar-refractivity contribution in [1.29, 1.82) is 0 Å². The molecule has 0 rings (SSSR count). The Bertz CT molecular complexity index is 1290.